The number of aliphatic carboxylic acids is 1. The van der Waals surface area contributed by atoms with Crippen LogP contribution in [0, 0.1) is 0 Å². The molecule has 1 aromatic rings. The van der Waals surface area contributed by atoms with Crippen LogP contribution in [0.4, 0.5) is 0 Å². The largest absolute Gasteiger partial charge is 0.496 e. The summed E-state index contributed by atoms with van der Waals surface area (Å²) < 4.78 is 15.7. The Bertz CT molecular complexity index is 491. The van der Waals surface area contributed by atoms with Gasteiger partial charge in [-0.3, -0.25) is 4.79 Å². The molecule has 104 valence electrons. The fourth-order valence-corrected chi connectivity index (χ4v) is 2.25. The molecule has 0 bridgehead atoms. The average Bonchev–Trinajstić information content (AvgIpc) is 3.10. The van der Waals surface area contributed by atoms with Crippen molar-refractivity contribution in [3.05, 3.63) is 17.7 Å². The predicted octanol–water partition coefficient (Wildman–Crippen LogP) is 0.982. The number of ether oxygens (including phenoxy) is 3. The lowest BCUT2D eigenvalue weighted by atomic mass is 10.0. The van der Waals surface area contributed by atoms with Crippen LogP contribution in [0.3, 0.4) is 0 Å². The molecule has 19 heavy (non-hydrogen) atoms. The number of nitrogens with two attached hydrogens (primary N) is 1. The summed E-state index contributed by atoms with van der Waals surface area (Å²) in [6.07, 6.45) is 0.362. The maximum absolute atomic E-state index is 11.2. The molecule has 0 spiro atoms. The first-order valence-corrected chi connectivity index (χ1v) is 5.80. The number of carboxylic acid groups (broad SMARTS) is 1. The highest BCUT2D eigenvalue weighted by molar-refractivity contribution is 5.85. The first-order valence-electron chi connectivity index (χ1n) is 5.80. The molecule has 1 aliphatic carbocycles. The molecular formula is C13H17NO5. The summed E-state index contributed by atoms with van der Waals surface area (Å²) >= 11 is 0. The summed E-state index contributed by atoms with van der Waals surface area (Å²) in [4.78, 5) is 11.2. The molecule has 1 saturated carbocycles. The molecule has 1 aliphatic rings. The lowest BCUT2D eigenvalue weighted by molar-refractivity contribution is -0.139. The molecule has 0 heterocycles. The van der Waals surface area contributed by atoms with E-state index in [4.69, 9.17) is 25.1 Å². The third-order valence-corrected chi connectivity index (χ3v) is 3.50. The standard InChI is InChI=1S/C13H17NO5/c1-17-7-4-9(18-2)11(10(5-7)19-3)8-6-13(8,14)12(15)16/h4-5,8H,6,14H2,1-3H3,(H,15,16)/t8-,13-/m0/s1. The molecule has 3 N–H and O–H groups in total. The summed E-state index contributed by atoms with van der Waals surface area (Å²) in [5.74, 6) is 0.291. The fraction of sp³-hybridized carbons (Fsp3) is 0.462. The maximum atomic E-state index is 11.2. The zero-order chi connectivity index (χ0) is 14.2. The molecule has 0 aromatic heterocycles. The van der Waals surface area contributed by atoms with Gasteiger partial charge < -0.3 is 25.1 Å². The first-order chi connectivity index (χ1) is 8.97. The second kappa shape index (κ2) is 4.62. The number of hydrogen-bond acceptors (Lipinski definition) is 5. The molecule has 1 aromatic carbocycles. The SMILES string of the molecule is COc1cc(OC)c([C@@H]2C[C@@]2(N)C(=O)O)c(OC)c1. The highest BCUT2D eigenvalue weighted by Crippen LogP contribution is 2.56. The van der Waals surface area contributed by atoms with E-state index in [-0.39, 0.29) is 5.92 Å². The van der Waals surface area contributed by atoms with Crippen LogP contribution in [0.5, 0.6) is 17.2 Å². The molecular weight excluding hydrogens is 250 g/mol. The minimum Gasteiger partial charge on any atom is -0.496 e. The van der Waals surface area contributed by atoms with Gasteiger partial charge in [0.1, 0.15) is 22.8 Å². The van der Waals surface area contributed by atoms with Gasteiger partial charge in [0.15, 0.2) is 0 Å². The van der Waals surface area contributed by atoms with E-state index in [9.17, 15) is 4.79 Å². The van der Waals surface area contributed by atoms with Crippen molar-refractivity contribution >= 4 is 5.97 Å². The summed E-state index contributed by atoms with van der Waals surface area (Å²) in [5.41, 5.74) is 5.28. The Balaban J connectivity index is 2.48. The Morgan fingerprint density at radius 2 is 1.79 bits per heavy atom. The molecule has 0 amide bonds. The van der Waals surface area contributed by atoms with Crippen molar-refractivity contribution in [1.82, 2.24) is 0 Å². The molecule has 0 saturated heterocycles. The first kappa shape index (κ1) is 13.5. The molecule has 0 unspecified atom stereocenters. The van der Waals surface area contributed by atoms with E-state index in [0.29, 0.717) is 29.2 Å². The smallest absolute Gasteiger partial charge is 0.324 e. The number of benzene rings is 1. The summed E-state index contributed by atoms with van der Waals surface area (Å²) in [6.45, 7) is 0. The quantitative estimate of drug-likeness (QED) is 0.826. The molecule has 6 nitrogen and oxygen atoms in total. The number of methoxy groups -OCH3 is 3. The third kappa shape index (κ3) is 2.08. The Kier molecular flexibility index (Phi) is 3.28. The normalized spacial score (nSPS) is 24.7. The van der Waals surface area contributed by atoms with Crippen molar-refractivity contribution in [2.45, 2.75) is 17.9 Å². The molecule has 6 heteroatoms. The minimum absolute atomic E-state index is 0.319. The lowest BCUT2D eigenvalue weighted by Gasteiger charge is -2.16. The van der Waals surface area contributed by atoms with Gasteiger partial charge in [-0.2, -0.15) is 0 Å². The predicted molar refractivity (Wildman–Crippen MR) is 68.0 cm³/mol. The van der Waals surface area contributed by atoms with Gasteiger partial charge >= 0.3 is 5.97 Å². The number of carboxylic acids is 1. The molecule has 2 atom stereocenters. The second-order valence-corrected chi connectivity index (χ2v) is 4.55. The van der Waals surface area contributed by atoms with Gasteiger partial charge in [-0.05, 0) is 6.42 Å². The van der Waals surface area contributed by atoms with E-state index < -0.39 is 11.5 Å². The van der Waals surface area contributed by atoms with E-state index in [1.165, 1.54) is 21.3 Å². The van der Waals surface area contributed by atoms with Gasteiger partial charge in [-0.15, -0.1) is 0 Å². The zero-order valence-corrected chi connectivity index (χ0v) is 11.1. The van der Waals surface area contributed by atoms with Gasteiger partial charge in [0.25, 0.3) is 0 Å². The monoisotopic (exact) mass is 267 g/mol. The van der Waals surface area contributed by atoms with E-state index in [2.05, 4.69) is 0 Å². The topological polar surface area (TPSA) is 91.0 Å². The molecule has 2 rings (SSSR count). The lowest BCUT2D eigenvalue weighted by Crippen LogP contribution is -2.34. The number of carbonyl (C=O) groups is 1. The van der Waals surface area contributed by atoms with Crippen LogP contribution in [-0.4, -0.2) is 37.9 Å². The Morgan fingerprint density at radius 3 is 2.11 bits per heavy atom. The summed E-state index contributed by atoms with van der Waals surface area (Å²) in [7, 11) is 4.56. The zero-order valence-electron chi connectivity index (χ0n) is 11.1. The van der Waals surface area contributed by atoms with E-state index in [0.717, 1.165) is 0 Å². The van der Waals surface area contributed by atoms with Gasteiger partial charge in [0.05, 0.1) is 21.3 Å². The summed E-state index contributed by atoms with van der Waals surface area (Å²) in [6, 6.07) is 3.39. The fourth-order valence-electron chi connectivity index (χ4n) is 2.25. The van der Waals surface area contributed by atoms with Crippen molar-refractivity contribution < 1.29 is 24.1 Å². The van der Waals surface area contributed by atoms with Crippen LogP contribution in [0.15, 0.2) is 12.1 Å². The molecule has 1 fully saturated rings. The van der Waals surface area contributed by atoms with Crippen LogP contribution in [0.1, 0.15) is 17.9 Å². The van der Waals surface area contributed by atoms with Gasteiger partial charge in [0, 0.05) is 23.6 Å². The van der Waals surface area contributed by atoms with Crippen LogP contribution in [-0.2, 0) is 4.79 Å². The van der Waals surface area contributed by atoms with E-state index in [1.807, 2.05) is 0 Å². The Morgan fingerprint density at radius 1 is 1.26 bits per heavy atom. The Hall–Kier alpha value is -1.95. The van der Waals surface area contributed by atoms with E-state index in [1.54, 1.807) is 12.1 Å². The Labute approximate surface area is 111 Å². The molecule has 0 radical (unpaired) electrons. The van der Waals surface area contributed by atoms with Crippen LogP contribution >= 0.6 is 0 Å². The highest BCUT2D eigenvalue weighted by atomic mass is 16.5. The third-order valence-electron chi connectivity index (χ3n) is 3.50. The minimum atomic E-state index is -1.24. The van der Waals surface area contributed by atoms with Gasteiger partial charge in [0.2, 0.25) is 0 Å². The van der Waals surface area contributed by atoms with Crippen molar-refractivity contribution in [2.75, 3.05) is 21.3 Å². The highest BCUT2D eigenvalue weighted by Gasteiger charge is 2.60. The van der Waals surface area contributed by atoms with Crippen molar-refractivity contribution in [2.24, 2.45) is 5.73 Å². The van der Waals surface area contributed by atoms with E-state index >= 15 is 0 Å². The second-order valence-electron chi connectivity index (χ2n) is 4.55. The average molecular weight is 267 g/mol. The molecule has 0 aliphatic heterocycles. The van der Waals surface area contributed by atoms with Crippen molar-refractivity contribution in [3.8, 4) is 17.2 Å². The van der Waals surface area contributed by atoms with Gasteiger partial charge in [-0.25, -0.2) is 0 Å². The van der Waals surface area contributed by atoms with Crippen molar-refractivity contribution in [1.29, 1.82) is 0 Å². The summed E-state index contributed by atoms with van der Waals surface area (Å²) in [5, 5.41) is 9.14. The van der Waals surface area contributed by atoms with Crippen molar-refractivity contribution in [3.63, 3.8) is 0 Å². The van der Waals surface area contributed by atoms with Crippen LogP contribution in [0.25, 0.3) is 0 Å². The maximum Gasteiger partial charge on any atom is 0.324 e. The van der Waals surface area contributed by atoms with Crippen LogP contribution in [0.2, 0.25) is 0 Å². The number of rotatable bonds is 5. The van der Waals surface area contributed by atoms with Crippen LogP contribution < -0.4 is 19.9 Å². The number of hydrogen-bond donors (Lipinski definition) is 2. The van der Waals surface area contributed by atoms with Gasteiger partial charge in [-0.1, -0.05) is 0 Å².